The van der Waals surface area contributed by atoms with Crippen molar-refractivity contribution in [2.45, 2.75) is 64.5 Å². The van der Waals surface area contributed by atoms with Gasteiger partial charge in [0.2, 0.25) is 5.91 Å². The SMILES string of the molecule is CN=C(NCC1CCSCC1)NC1CCCC(C(=O)NC(C)C)C1.I. The lowest BCUT2D eigenvalue weighted by atomic mass is 9.85. The number of carbonyl (C=O) groups is 1. The van der Waals surface area contributed by atoms with Gasteiger partial charge in [0.05, 0.1) is 0 Å². The Balaban J connectivity index is 0.00000312. The van der Waals surface area contributed by atoms with Crippen molar-refractivity contribution >= 4 is 47.6 Å². The van der Waals surface area contributed by atoms with Gasteiger partial charge in [-0.3, -0.25) is 9.79 Å². The Morgan fingerprint density at radius 2 is 1.92 bits per heavy atom. The predicted molar refractivity (Wildman–Crippen MR) is 119 cm³/mol. The Labute approximate surface area is 174 Å². The summed E-state index contributed by atoms with van der Waals surface area (Å²) >= 11 is 2.06. The van der Waals surface area contributed by atoms with Gasteiger partial charge < -0.3 is 16.0 Å². The summed E-state index contributed by atoms with van der Waals surface area (Å²) in [7, 11) is 1.83. The standard InChI is InChI=1S/C18H34N4OS.HI/c1-13(2)21-17(23)15-5-4-6-16(11-15)22-18(19-3)20-12-14-7-9-24-10-8-14;/h13-16H,4-12H2,1-3H3,(H,21,23)(H2,19,20,22);1H. The summed E-state index contributed by atoms with van der Waals surface area (Å²) in [5.41, 5.74) is 0. The van der Waals surface area contributed by atoms with Gasteiger partial charge in [0, 0.05) is 31.6 Å². The van der Waals surface area contributed by atoms with Gasteiger partial charge >= 0.3 is 0 Å². The normalized spacial score (nSPS) is 25.2. The second kappa shape index (κ2) is 12.3. The molecule has 0 aromatic rings. The molecule has 0 spiro atoms. The summed E-state index contributed by atoms with van der Waals surface area (Å²) in [5, 5.41) is 10.1. The fourth-order valence-corrected chi connectivity index (χ4v) is 4.75. The number of hydrogen-bond acceptors (Lipinski definition) is 3. The summed E-state index contributed by atoms with van der Waals surface area (Å²) in [5.74, 6) is 4.57. The maximum absolute atomic E-state index is 12.3. The molecule has 2 unspecified atom stereocenters. The van der Waals surface area contributed by atoms with E-state index < -0.39 is 0 Å². The lowest BCUT2D eigenvalue weighted by molar-refractivity contribution is -0.126. The first-order valence-corrected chi connectivity index (χ1v) is 10.6. The summed E-state index contributed by atoms with van der Waals surface area (Å²) in [4.78, 5) is 16.6. The molecule has 0 bridgehead atoms. The molecule has 2 aliphatic rings. The molecule has 1 saturated carbocycles. The second-order valence-corrected chi connectivity index (χ2v) is 8.60. The molecule has 3 N–H and O–H groups in total. The predicted octanol–water partition coefficient (Wildman–Crippen LogP) is 3.00. The van der Waals surface area contributed by atoms with Crippen LogP contribution in [0.1, 0.15) is 52.4 Å². The molecule has 2 rings (SSSR count). The average molecular weight is 482 g/mol. The number of carbonyl (C=O) groups excluding carboxylic acids is 1. The molecule has 0 aromatic carbocycles. The van der Waals surface area contributed by atoms with Crippen molar-refractivity contribution in [1.29, 1.82) is 0 Å². The second-order valence-electron chi connectivity index (χ2n) is 7.38. The first kappa shape index (κ1) is 22.9. The fourth-order valence-electron chi connectivity index (χ4n) is 3.54. The van der Waals surface area contributed by atoms with E-state index in [2.05, 4.69) is 32.7 Å². The number of nitrogens with one attached hydrogen (secondary N) is 3. The smallest absolute Gasteiger partial charge is 0.223 e. The maximum atomic E-state index is 12.3. The third-order valence-corrected chi connectivity index (χ3v) is 5.99. The highest BCUT2D eigenvalue weighted by atomic mass is 127. The Morgan fingerprint density at radius 3 is 2.56 bits per heavy atom. The molecular weight excluding hydrogens is 447 g/mol. The molecule has 1 amide bonds. The number of nitrogens with zero attached hydrogens (tertiary/aromatic N) is 1. The van der Waals surface area contributed by atoms with Gasteiger partial charge in [-0.25, -0.2) is 0 Å². The van der Waals surface area contributed by atoms with Gasteiger partial charge in [0.15, 0.2) is 5.96 Å². The van der Waals surface area contributed by atoms with E-state index in [0.717, 1.165) is 44.1 Å². The van der Waals surface area contributed by atoms with Crippen LogP contribution in [0.4, 0.5) is 0 Å². The Bertz CT molecular complexity index is 427. The van der Waals surface area contributed by atoms with E-state index in [1.54, 1.807) is 0 Å². The number of guanidine groups is 1. The molecule has 2 atom stereocenters. The molecule has 1 aliphatic carbocycles. The van der Waals surface area contributed by atoms with Crippen molar-refractivity contribution in [2.24, 2.45) is 16.8 Å². The Hall–Kier alpha value is -0.180. The van der Waals surface area contributed by atoms with Crippen LogP contribution in [0.15, 0.2) is 4.99 Å². The van der Waals surface area contributed by atoms with Gasteiger partial charge in [-0.15, -0.1) is 24.0 Å². The topological polar surface area (TPSA) is 65.5 Å². The lowest BCUT2D eigenvalue weighted by Gasteiger charge is -2.31. The fraction of sp³-hybridized carbons (Fsp3) is 0.889. The highest BCUT2D eigenvalue weighted by molar-refractivity contribution is 14.0. The van der Waals surface area contributed by atoms with E-state index in [0.29, 0.717) is 6.04 Å². The van der Waals surface area contributed by atoms with Crippen molar-refractivity contribution < 1.29 is 4.79 Å². The number of thioether (sulfide) groups is 1. The quantitative estimate of drug-likeness (QED) is 0.320. The molecule has 1 aliphatic heterocycles. The zero-order chi connectivity index (χ0) is 17.4. The summed E-state index contributed by atoms with van der Waals surface area (Å²) < 4.78 is 0. The summed E-state index contributed by atoms with van der Waals surface area (Å²) in [6.45, 7) is 5.04. The van der Waals surface area contributed by atoms with Gasteiger partial charge in [-0.1, -0.05) is 6.42 Å². The molecule has 1 saturated heterocycles. The number of amides is 1. The molecule has 1 heterocycles. The number of aliphatic imine (C=N–C) groups is 1. The van der Waals surface area contributed by atoms with Crippen LogP contribution in [-0.4, -0.2) is 49.0 Å². The van der Waals surface area contributed by atoms with E-state index in [1.807, 2.05) is 20.9 Å². The molecule has 5 nitrogen and oxygen atoms in total. The monoisotopic (exact) mass is 482 g/mol. The number of rotatable bonds is 5. The van der Waals surface area contributed by atoms with E-state index in [1.165, 1.54) is 24.3 Å². The van der Waals surface area contributed by atoms with Gasteiger partial charge in [-0.2, -0.15) is 11.8 Å². The van der Waals surface area contributed by atoms with Crippen molar-refractivity contribution in [1.82, 2.24) is 16.0 Å². The minimum absolute atomic E-state index is 0. The molecule has 2 fully saturated rings. The zero-order valence-electron chi connectivity index (χ0n) is 15.8. The lowest BCUT2D eigenvalue weighted by Crippen LogP contribution is -2.48. The van der Waals surface area contributed by atoms with Crippen LogP contribution < -0.4 is 16.0 Å². The summed E-state index contributed by atoms with van der Waals surface area (Å²) in [6.07, 6.45) is 6.73. The minimum atomic E-state index is 0. The highest BCUT2D eigenvalue weighted by Crippen LogP contribution is 2.25. The van der Waals surface area contributed by atoms with Crippen LogP contribution in [-0.2, 0) is 4.79 Å². The van der Waals surface area contributed by atoms with Crippen LogP contribution in [0, 0.1) is 11.8 Å². The van der Waals surface area contributed by atoms with Crippen molar-refractivity contribution in [2.75, 3.05) is 25.1 Å². The van der Waals surface area contributed by atoms with Crippen molar-refractivity contribution in [3.05, 3.63) is 0 Å². The first-order chi connectivity index (χ1) is 11.6. The number of hydrogen-bond donors (Lipinski definition) is 3. The van der Waals surface area contributed by atoms with E-state index >= 15 is 0 Å². The molecular formula is C18H35IN4OS. The van der Waals surface area contributed by atoms with Gasteiger partial charge in [0.1, 0.15) is 0 Å². The third kappa shape index (κ3) is 8.37. The maximum Gasteiger partial charge on any atom is 0.223 e. The molecule has 0 radical (unpaired) electrons. The van der Waals surface area contributed by atoms with Crippen LogP contribution in [0.25, 0.3) is 0 Å². The third-order valence-electron chi connectivity index (χ3n) is 4.94. The molecule has 0 aromatic heterocycles. The Kier molecular flexibility index (Phi) is 11.2. The van der Waals surface area contributed by atoms with Crippen LogP contribution in [0.2, 0.25) is 0 Å². The van der Waals surface area contributed by atoms with Crippen molar-refractivity contribution in [3.63, 3.8) is 0 Å². The van der Waals surface area contributed by atoms with E-state index in [9.17, 15) is 4.79 Å². The van der Waals surface area contributed by atoms with Crippen LogP contribution in [0.3, 0.4) is 0 Å². The zero-order valence-corrected chi connectivity index (χ0v) is 19.0. The highest BCUT2D eigenvalue weighted by Gasteiger charge is 2.28. The van der Waals surface area contributed by atoms with Crippen molar-refractivity contribution in [3.8, 4) is 0 Å². The largest absolute Gasteiger partial charge is 0.356 e. The summed E-state index contributed by atoms with van der Waals surface area (Å²) in [6, 6.07) is 0.559. The van der Waals surface area contributed by atoms with Gasteiger partial charge in [0.25, 0.3) is 0 Å². The Morgan fingerprint density at radius 1 is 1.20 bits per heavy atom. The minimum Gasteiger partial charge on any atom is -0.356 e. The first-order valence-electron chi connectivity index (χ1n) is 9.43. The average Bonchev–Trinajstić information content (AvgIpc) is 2.59. The van der Waals surface area contributed by atoms with E-state index in [-0.39, 0.29) is 41.8 Å². The molecule has 25 heavy (non-hydrogen) atoms. The molecule has 146 valence electrons. The molecule has 7 heteroatoms. The van der Waals surface area contributed by atoms with Gasteiger partial charge in [-0.05, 0) is 63.4 Å². The number of halogens is 1. The van der Waals surface area contributed by atoms with E-state index in [4.69, 9.17) is 0 Å². The van der Waals surface area contributed by atoms with Crippen LogP contribution in [0.5, 0.6) is 0 Å². The van der Waals surface area contributed by atoms with Crippen LogP contribution >= 0.6 is 35.7 Å².